The van der Waals surface area contributed by atoms with Gasteiger partial charge in [-0.05, 0) is 34.6 Å². The third kappa shape index (κ3) is 4.57. The minimum absolute atomic E-state index is 0.167. The second-order valence-electron chi connectivity index (χ2n) is 7.40. The standard InChI is InChI=1S/C18H24N2OS/c1-17(2,3)13-9-12(7-8-15(22)20-11-19)10-14(16(13)21)18(4,5)6/h7-10,21H,1-6H3,(H,20,22). The average Bonchev–Trinajstić information content (AvgIpc) is 2.35. The van der Waals surface area contributed by atoms with Gasteiger partial charge in [0.15, 0.2) is 6.19 Å². The first-order valence-electron chi connectivity index (χ1n) is 7.22. The maximum atomic E-state index is 10.6. The molecule has 0 unspecified atom stereocenters. The van der Waals surface area contributed by atoms with Crippen molar-refractivity contribution in [3.8, 4) is 11.9 Å². The predicted molar refractivity (Wildman–Crippen MR) is 95.9 cm³/mol. The molecule has 0 aromatic heterocycles. The summed E-state index contributed by atoms with van der Waals surface area (Å²) in [6, 6.07) is 3.94. The molecule has 1 rings (SSSR count). The number of aromatic hydroxyl groups is 1. The normalized spacial score (nSPS) is 12.2. The highest BCUT2D eigenvalue weighted by molar-refractivity contribution is 7.80. The van der Waals surface area contributed by atoms with Gasteiger partial charge in [0, 0.05) is 11.1 Å². The van der Waals surface area contributed by atoms with Gasteiger partial charge in [-0.15, -0.1) is 0 Å². The van der Waals surface area contributed by atoms with Crippen LogP contribution in [0.4, 0.5) is 0 Å². The molecule has 0 spiro atoms. The van der Waals surface area contributed by atoms with Crippen LogP contribution in [0, 0.1) is 11.5 Å². The molecule has 0 saturated carbocycles. The molecule has 0 aliphatic heterocycles. The molecule has 0 amide bonds. The van der Waals surface area contributed by atoms with E-state index in [0.717, 1.165) is 16.7 Å². The minimum Gasteiger partial charge on any atom is -0.507 e. The maximum Gasteiger partial charge on any atom is 0.182 e. The fourth-order valence-corrected chi connectivity index (χ4v) is 2.28. The van der Waals surface area contributed by atoms with Gasteiger partial charge < -0.3 is 5.11 Å². The third-order valence-corrected chi connectivity index (χ3v) is 3.59. The number of nitriles is 1. The summed E-state index contributed by atoms with van der Waals surface area (Å²) >= 11 is 5.02. The zero-order valence-electron chi connectivity index (χ0n) is 14.1. The molecule has 0 fully saturated rings. The van der Waals surface area contributed by atoms with Gasteiger partial charge in [0.2, 0.25) is 0 Å². The van der Waals surface area contributed by atoms with Gasteiger partial charge >= 0.3 is 0 Å². The Labute approximate surface area is 138 Å². The molecule has 1 aromatic carbocycles. The number of thiocarbonyl (C=S) groups is 1. The number of phenols is 1. The average molecular weight is 316 g/mol. The van der Waals surface area contributed by atoms with E-state index in [1.165, 1.54) is 0 Å². The van der Waals surface area contributed by atoms with Crippen molar-refractivity contribution in [1.82, 2.24) is 5.32 Å². The smallest absolute Gasteiger partial charge is 0.182 e. The molecule has 0 bridgehead atoms. The highest BCUT2D eigenvalue weighted by atomic mass is 32.1. The highest BCUT2D eigenvalue weighted by Crippen LogP contribution is 2.39. The van der Waals surface area contributed by atoms with Crippen LogP contribution in [-0.2, 0) is 10.8 Å². The number of benzene rings is 1. The molecule has 3 nitrogen and oxygen atoms in total. The Balaban J connectivity index is 3.43. The highest BCUT2D eigenvalue weighted by Gasteiger charge is 2.26. The quantitative estimate of drug-likeness (QED) is 0.367. The summed E-state index contributed by atoms with van der Waals surface area (Å²) in [5.74, 6) is 0.356. The van der Waals surface area contributed by atoms with Gasteiger partial charge in [-0.25, -0.2) is 0 Å². The molecule has 0 aliphatic carbocycles. The molecule has 0 heterocycles. The number of hydrogen-bond acceptors (Lipinski definition) is 3. The Kier molecular flexibility index (Phi) is 5.37. The van der Waals surface area contributed by atoms with E-state index in [-0.39, 0.29) is 10.8 Å². The molecule has 22 heavy (non-hydrogen) atoms. The second kappa shape index (κ2) is 6.50. The summed E-state index contributed by atoms with van der Waals surface area (Å²) < 4.78 is 0. The first-order chi connectivity index (χ1) is 9.96. The lowest BCUT2D eigenvalue weighted by atomic mass is 9.78. The molecule has 2 N–H and O–H groups in total. The number of phenolic OH excluding ortho intramolecular Hbond substituents is 1. The van der Waals surface area contributed by atoms with Crippen molar-refractivity contribution in [3.05, 3.63) is 34.9 Å². The molecule has 118 valence electrons. The van der Waals surface area contributed by atoms with Gasteiger partial charge in [-0.2, -0.15) is 5.26 Å². The van der Waals surface area contributed by atoms with Crippen molar-refractivity contribution < 1.29 is 5.11 Å². The molecular formula is C18H24N2OS. The van der Waals surface area contributed by atoms with Crippen molar-refractivity contribution in [2.45, 2.75) is 52.4 Å². The summed E-state index contributed by atoms with van der Waals surface area (Å²) in [6.45, 7) is 12.4. The van der Waals surface area contributed by atoms with Crippen molar-refractivity contribution in [1.29, 1.82) is 5.26 Å². The van der Waals surface area contributed by atoms with E-state index < -0.39 is 0 Å². The van der Waals surface area contributed by atoms with Gasteiger partial charge in [0.05, 0.1) is 0 Å². The largest absolute Gasteiger partial charge is 0.507 e. The summed E-state index contributed by atoms with van der Waals surface area (Å²) in [5.41, 5.74) is 2.42. The zero-order valence-corrected chi connectivity index (χ0v) is 14.9. The minimum atomic E-state index is -0.167. The van der Waals surface area contributed by atoms with E-state index >= 15 is 0 Å². The second-order valence-corrected chi connectivity index (χ2v) is 7.84. The lowest BCUT2D eigenvalue weighted by molar-refractivity contribution is 0.423. The van der Waals surface area contributed by atoms with Gasteiger partial charge in [0.25, 0.3) is 0 Å². The molecule has 0 aliphatic rings. The van der Waals surface area contributed by atoms with Gasteiger partial charge in [-0.1, -0.05) is 59.8 Å². The van der Waals surface area contributed by atoms with E-state index in [4.69, 9.17) is 17.5 Å². The van der Waals surface area contributed by atoms with Crippen LogP contribution in [0.25, 0.3) is 6.08 Å². The van der Waals surface area contributed by atoms with E-state index in [2.05, 4.69) is 46.9 Å². The number of nitrogens with zero attached hydrogens (tertiary/aromatic N) is 1. The number of rotatable bonds is 2. The Bertz CT molecular complexity index is 606. The lowest BCUT2D eigenvalue weighted by Gasteiger charge is -2.27. The molecule has 1 aromatic rings. The molecule has 0 atom stereocenters. The van der Waals surface area contributed by atoms with Crippen LogP contribution in [-0.4, -0.2) is 10.1 Å². The lowest BCUT2D eigenvalue weighted by Crippen LogP contribution is -2.17. The Hall–Kier alpha value is -1.86. The monoisotopic (exact) mass is 316 g/mol. The van der Waals surface area contributed by atoms with Crippen molar-refractivity contribution in [2.24, 2.45) is 0 Å². The SMILES string of the molecule is CC(C)(C)c1cc(C=CC(=S)NC#N)cc(C(C)(C)C)c1O. The summed E-state index contributed by atoms with van der Waals surface area (Å²) in [6.07, 6.45) is 5.34. The van der Waals surface area contributed by atoms with Crippen LogP contribution >= 0.6 is 12.2 Å². The first-order valence-corrected chi connectivity index (χ1v) is 7.62. The van der Waals surface area contributed by atoms with Crippen LogP contribution in [0.15, 0.2) is 18.2 Å². The van der Waals surface area contributed by atoms with E-state index in [9.17, 15) is 5.11 Å². The van der Waals surface area contributed by atoms with Crippen molar-refractivity contribution in [2.75, 3.05) is 0 Å². The third-order valence-electron chi connectivity index (χ3n) is 3.35. The van der Waals surface area contributed by atoms with E-state index in [0.29, 0.717) is 10.7 Å². The predicted octanol–water partition coefficient (Wildman–Crippen LogP) is 4.40. The summed E-state index contributed by atoms with van der Waals surface area (Å²) in [7, 11) is 0. The van der Waals surface area contributed by atoms with Crippen LogP contribution in [0.3, 0.4) is 0 Å². The summed E-state index contributed by atoms with van der Waals surface area (Å²) in [4.78, 5) is 0.366. The topological polar surface area (TPSA) is 56.0 Å². The van der Waals surface area contributed by atoms with Crippen LogP contribution in [0.5, 0.6) is 5.75 Å². The van der Waals surface area contributed by atoms with Gasteiger partial charge in [0.1, 0.15) is 10.7 Å². The van der Waals surface area contributed by atoms with Crippen LogP contribution < -0.4 is 5.32 Å². The molecule has 0 saturated heterocycles. The zero-order chi connectivity index (χ0) is 17.1. The van der Waals surface area contributed by atoms with E-state index in [1.807, 2.05) is 18.2 Å². The Morgan fingerprint density at radius 1 is 1.14 bits per heavy atom. The van der Waals surface area contributed by atoms with Crippen molar-refractivity contribution in [3.63, 3.8) is 0 Å². The number of hydrogen-bond donors (Lipinski definition) is 2. The Morgan fingerprint density at radius 2 is 1.59 bits per heavy atom. The van der Waals surface area contributed by atoms with Crippen LogP contribution in [0.1, 0.15) is 58.2 Å². The molecule has 0 radical (unpaired) electrons. The summed E-state index contributed by atoms with van der Waals surface area (Å²) in [5, 5.41) is 21.6. The molecular weight excluding hydrogens is 292 g/mol. The maximum absolute atomic E-state index is 10.6. The fraction of sp³-hybridized carbons (Fsp3) is 0.444. The van der Waals surface area contributed by atoms with Crippen molar-refractivity contribution >= 4 is 23.3 Å². The first kappa shape index (κ1) is 18.2. The fourth-order valence-electron chi connectivity index (χ4n) is 2.17. The molecule has 4 heteroatoms. The number of nitrogens with one attached hydrogen (secondary N) is 1. The van der Waals surface area contributed by atoms with E-state index in [1.54, 1.807) is 12.3 Å². The van der Waals surface area contributed by atoms with Crippen LogP contribution in [0.2, 0.25) is 0 Å². The Morgan fingerprint density at radius 3 is 1.95 bits per heavy atom. The van der Waals surface area contributed by atoms with Gasteiger partial charge in [-0.3, -0.25) is 5.32 Å².